The Morgan fingerprint density at radius 2 is 1.88 bits per heavy atom. The Labute approximate surface area is 138 Å². The van der Waals surface area contributed by atoms with E-state index in [1.54, 1.807) is 6.20 Å². The van der Waals surface area contributed by atoms with Crippen molar-refractivity contribution >= 4 is 22.7 Å². The first-order valence-corrected chi connectivity index (χ1v) is 7.76. The van der Waals surface area contributed by atoms with Crippen molar-refractivity contribution in [3.63, 3.8) is 0 Å². The maximum absolute atomic E-state index is 12.5. The molecule has 6 heteroatoms. The summed E-state index contributed by atoms with van der Waals surface area (Å²) in [6.07, 6.45) is 2.12. The highest BCUT2D eigenvalue weighted by Crippen LogP contribution is 2.43. The number of fused-ring (bicyclic) bond motifs is 2. The summed E-state index contributed by atoms with van der Waals surface area (Å²) < 4.78 is 15.5. The molecule has 0 bridgehead atoms. The normalized spacial score (nSPS) is 17.4. The van der Waals surface area contributed by atoms with Gasteiger partial charge >= 0.3 is 11.9 Å². The van der Waals surface area contributed by atoms with Gasteiger partial charge in [0.05, 0.1) is 33.1 Å². The van der Waals surface area contributed by atoms with Crippen LogP contribution in [0.2, 0.25) is 0 Å². The van der Waals surface area contributed by atoms with Crippen LogP contribution < -0.4 is 0 Å². The van der Waals surface area contributed by atoms with Crippen molar-refractivity contribution in [1.29, 1.82) is 0 Å². The number of hydrogen-bond acceptors (Lipinski definition) is 6. The Balaban J connectivity index is 2.00. The second kappa shape index (κ2) is 5.27. The first-order chi connectivity index (χ1) is 11.6. The number of benzene rings is 1. The molecule has 1 aliphatic heterocycles. The largest absolute Gasteiger partial charge is 0.468 e. The molecule has 2 heterocycles. The van der Waals surface area contributed by atoms with E-state index in [-0.39, 0.29) is 12.8 Å². The Hall–Kier alpha value is -2.47. The Kier molecular flexibility index (Phi) is 3.31. The summed E-state index contributed by atoms with van der Waals surface area (Å²) in [4.78, 5) is 29.5. The molecule has 0 atom stereocenters. The number of carbonyl (C=O) groups is 2. The molecular formula is C18H17NO5. The first-order valence-electron chi connectivity index (χ1n) is 7.76. The fourth-order valence-corrected chi connectivity index (χ4v) is 3.92. The zero-order valence-electron chi connectivity index (χ0n) is 13.5. The molecule has 1 aliphatic carbocycles. The summed E-state index contributed by atoms with van der Waals surface area (Å²) in [6, 6.07) is 4.06. The third-order valence-electron chi connectivity index (χ3n) is 5.05. The van der Waals surface area contributed by atoms with E-state index in [9.17, 15) is 9.59 Å². The molecule has 1 aromatic heterocycles. The molecule has 124 valence electrons. The number of carbonyl (C=O) groups excluding carboxylic acids is 2. The lowest BCUT2D eigenvalue weighted by atomic mass is 9.70. The highest BCUT2D eigenvalue weighted by Gasteiger charge is 2.52. The fourth-order valence-electron chi connectivity index (χ4n) is 3.92. The Morgan fingerprint density at radius 1 is 1.12 bits per heavy atom. The molecule has 0 spiro atoms. The summed E-state index contributed by atoms with van der Waals surface area (Å²) in [7, 11) is 2.57. The molecule has 0 N–H and O–H groups in total. The molecule has 0 saturated carbocycles. The average Bonchev–Trinajstić information content (AvgIpc) is 3.08. The SMILES string of the molecule is COC(=O)C1(C(=O)OC)Cc2nccc3cc4c(c(c23)C1)COC4. The number of pyridine rings is 1. The lowest BCUT2D eigenvalue weighted by Crippen LogP contribution is -2.47. The van der Waals surface area contributed by atoms with Crippen LogP contribution in [0.25, 0.3) is 10.8 Å². The third kappa shape index (κ3) is 1.89. The van der Waals surface area contributed by atoms with Gasteiger partial charge in [-0.2, -0.15) is 0 Å². The van der Waals surface area contributed by atoms with Gasteiger partial charge in [-0.1, -0.05) is 0 Å². The van der Waals surface area contributed by atoms with Crippen LogP contribution in [-0.2, 0) is 49.9 Å². The number of aromatic nitrogens is 1. The van der Waals surface area contributed by atoms with Crippen LogP contribution in [0.1, 0.15) is 22.4 Å². The van der Waals surface area contributed by atoms with Crippen LogP contribution in [-0.4, -0.2) is 31.1 Å². The van der Waals surface area contributed by atoms with Crippen molar-refractivity contribution in [1.82, 2.24) is 4.98 Å². The van der Waals surface area contributed by atoms with Crippen molar-refractivity contribution < 1.29 is 23.8 Å². The van der Waals surface area contributed by atoms with E-state index in [1.807, 2.05) is 6.07 Å². The number of nitrogens with zero attached hydrogens (tertiary/aromatic N) is 1. The minimum absolute atomic E-state index is 0.177. The Morgan fingerprint density at radius 3 is 2.58 bits per heavy atom. The minimum atomic E-state index is -1.39. The Bertz CT molecular complexity index is 857. The van der Waals surface area contributed by atoms with Gasteiger partial charge < -0.3 is 14.2 Å². The van der Waals surface area contributed by atoms with E-state index < -0.39 is 17.4 Å². The zero-order chi connectivity index (χ0) is 16.9. The second-order valence-corrected chi connectivity index (χ2v) is 6.26. The maximum Gasteiger partial charge on any atom is 0.323 e. The predicted octanol–water partition coefficient (Wildman–Crippen LogP) is 1.70. The molecule has 0 amide bonds. The van der Waals surface area contributed by atoms with Gasteiger partial charge in [0, 0.05) is 24.4 Å². The molecule has 4 rings (SSSR count). The molecule has 0 unspecified atom stereocenters. The van der Waals surface area contributed by atoms with Gasteiger partial charge in [-0.15, -0.1) is 0 Å². The first kappa shape index (κ1) is 15.1. The maximum atomic E-state index is 12.5. The van der Waals surface area contributed by atoms with Crippen molar-refractivity contribution in [3.8, 4) is 0 Å². The van der Waals surface area contributed by atoms with E-state index in [0.717, 1.165) is 33.2 Å². The zero-order valence-corrected chi connectivity index (χ0v) is 13.5. The number of esters is 2. The number of methoxy groups -OCH3 is 2. The standard InChI is InChI=1S/C18H17NO5/c1-22-16(20)18(17(21)23-2)6-12-13-9-24-8-11(13)5-10-3-4-19-14(7-18)15(10)12/h3-5H,6-9H2,1-2H3. The van der Waals surface area contributed by atoms with Crippen molar-refractivity contribution in [3.05, 3.63) is 40.7 Å². The summed E-state index contributed by atoms with van der Waals surface area (Å²) >= 11 is 0. The third-order valence-corrected chi connectivity index (χ3v) is 5.05. The molecule has 0 saturated heterocycles. The van der Waals surface area contributed by atoms with Gasteiger partial charge in [0.2, 0.25) is 0 Å². The molecule has 2 aliphatic rings. The summed E-state index contributed by atoms with van der Waals surface area (Å²) in [6.45, 7) is 1.02. The van der Waals surface area contributed by atoms with Gasteiger partial charge in [-0.25, -0.2) is 0 Å². The monoisotopic (exact) mass is 327 g/mol. The highest BCUT2D eigenvalue weighted by atomic mass is 16.5. The number of rotatable bonds is 2. The lowest BCUT2D eigenvalue weighted by molar-refractivity contribution is -0.169. The van der Waals surface area contributed by atoms with Gasteiger partial charge in [0.15, 0.2) is 5.41 Å². The van der Waals surface area contributed by atoms with Gasteiger partial charge in [0.1, 0.15) is 0 Å². The molecule has 0 radical (unpaired) electrons. The van der Waals surface area contributed by atoms with Crippen LogP contribution in [0, 0.1) is 5.41 Å². The summed E-state index contributed by atoms with van der Waals surface area (Å²) in [5.41, 5.74) is 2.42. The molecule has 1 aromatic carbocycles. The van der Waals surface area contributed by atoms with Crippen LogP contribution in [0.15, 0.2) is 18.3 Å². The van der Waals surface area contributed by atoms with Gasteiger partial charge in [-0.05, 0) is 34.2 Å². The average molecular weight is 327 g/mol. The van der Waals surface area contributed by atoms with Crippen molar-refractivity contribution in [2.45, 2.75) is 26.1 Å². The molecule has 2 aromatic rings. The topological polar surface area (TPSA) is 74.7 Å². The van der Waals surface area contributed by atoms with Crippen LogP contribution in [0.3, 0.4) is 0 Å². The predicted molar refractivity (Wildman–Crippen MR) is 84.1 cm³/mol. The van der Waals surface area contributed by atoms with Crippen molar-refractivity contribution in [2.75, 3.05) is 14.2 Å². The van der Waals surface area contributed by atoms with Crippen LogP contribution in [0.5, 0.6) is 0 Å². The van der Waals surface area contributed by atoms with E-state index in [2.05, 4.69) is 11.1 Å². The summed E-state index contributed by atoms with van der Waals surface area (Å²) in [5, 5.41) is 2.08. The fraction of sp³-hybridized carbons (Fsp3) is 0.389. The molecular weight excluding hydrogens is 310 g/mol. The van der Waals surface area contributed by atoms with E-state index >= 15 is 0 Å². The van der Waals surface area contributed by atoms with E-state index in [4.69, 9.17) is 14.2 Å². The molecule has 24 heavy (non-hydrogen) atoms. The minimum Gasteiger partial charge on any atom is -0.468 e. The highest BCUT2D eigenvalue weighted by molar-refractivity contribution is 6.03. The van der Waals surface area contributed by atoms with Gasteiger partial charge in [-0.3, -0.25) is 14.6 Å². The quantitative estimate of drug-likeness (QED) is 0.617. The van der Waals surface area contributed by atoms with Crippen molar-refractivity contribution in [2.24, 2.45) is 5.41 Å². The second-order valence-electron chi connectivity index (χ2n) is 6.26. The van der Waals surface area contributed by atoms with Gasteiger partial charge in [0.25, 0.3) is 0 Å². The van der Waals surface area contributed by atoms with Crippen LogP contribution in [0.4, 0.5) is 0 Å². The molecule has 6 nitrogen and oxygen atoms in total. The van der Waals surface area contributed by atoms with E-state index in [0.29, 0.717) is 13.2 Å². The molecule has 0 fully saturated rings. The number of hydrogen-bond donors (Lipinski definition) is 0. The summed E-state index contributed by atoms with van der Waals surface area (Å²) in [5.74, 6) is -1.18. The van der Waals surface area contributed by atoms with Crippen LogP contribution >= 0.6 is 0 Å². The smallest absolute Gasteiger partial charge is 0.323 e. The number of ether oxygens (including phenoxy) is 3. The lowest BCUT2D eigenvalue weighted by Gasteiger charge is -2.33. The van der Waals surface area contributed by atoms with E-state index in [1.165, 1.54) is 14.2 Å².